The third kappa shape index (κ3) is 3.71. The van der Waals surface area contributed by atoms with Crippen LogP contribution in [0.4, 0.5) is 0 Å². The van der Waals surface area contributed by atoms with Crippen LogP contribution >= 0.6 is 0 Å². The van der Waals surface area contributed by atoms with E-state index in [0.717, 1.165) is 0 Å². The quantitative estimate of drug-likeness (QED) is 0.619. The monoisotopic (exact) mass is 234 g/mol. The highest BCUT2D eigenvalue weighted by molar-refractivity contribution is 5.67. The summed E-state index contributed by atoms with van der Waals surface area (Å²) in [5.74, 6) is -0.967. The Hall–Kier alpha value is -0.690. The third-order valence-electron chi connectivity index (χ3n) is 2.52. The van der Waals surface area contributed by atoms with Crippen LogP contribution in [-0.2, 0) is 14.3 Å². The van der Waals surface area contributed by atoms with E-state index in [4.69, 9.17) is 14.6 Å². The van der Waals surface area contributed by atoms with Crippen LogP contribution in [0.15, 0.2) is 0 Å². The molecule has 0 bridgehead atoms. The van der Waals surface area contributed by atoms with Gasteiger partial charge in [-0.15, -0.1) is 0 Å². The molecule has 1 aliphatic heterocycles. The van der Waals surface area contributed by atoms with Crippen LogP contribution in [0.1, 0.15) is 26.7 Å². The zero-order valence-corrected chi connectivity index (χ0v) is 9.37. The molecule has 0 amide bonds. The molecule has 0 spiro atoms. The summed E-state index contributed by atoms with van der Waals surface area (Å²) in [6.45, 7) is 3.27. The highest BCUT2D eigenvalue weighted by atomic mass is 16.7. The summed E-state index contributed by atoms with van der Waals surface area (Å²) < 4.78 is 10.5. The van der Waals surface area contributed by atoms with Gasteiger partial charge in [-0.25, -0.2) is 0 Å². The fourth-order valence-electron chi connectivity index (χ4n) is 1.59. The highest BCUT2D eigenvalue weighted by Crippen LogP contribution is 2.22. The minimum absolute atomic E-state index is 0.149. The Balaban J connectivity index is 2.44. The Morgan fingerprint density at radius 2 is 2.12 bits per heavy atom. The maximum atomic E-state index is 10.4. The van der Waals surface area contributed by atoms with Crippen LogP contribution < -0.4 is 0 Å². The van der Waals surface area contributed by atoms with Gasteiger partial charge >= 0.3 is 5.97 Å². The molecule has 1 saturated heterocycles. The standard InChI is InChI=1S/C10H18O6/c1-5(3-9(13)14)15-10-8(12)4-7(11)6(2)16-10/h5-8,10-12H,3-4H2,1-2H3,(H,13,14)/t5-,6?,7-,8?,10-/m1/s1. The average Bonchev–Trinajstić information content (AvgIpc) is 2.12. The highest BCUT2D eigenvalue weighted by Gasteiger charge is 2.35. The van der Waals surface area contributed by atoms with E-state index in [0.29, 0.717) is 0 Å². The minimum Gasteiger partial charge on any atom is -0.481 e. The molecule has 2 unspecified atom stereocenters. The Labute approximate surface area is 93.8 Å². The van der Waals surface area contributed by atoms with E-state index >= 15 is 0 Å². The molecule has 0 aliphatic carbocycles. The summed E-state index contributed by atoms with van der Waals surface area (Å²) in [5.41, 5.74) is 0. The van der Waals surface area contributed by atoms with Crippen molar-refractivity contribution < 1.29 is 29.6 Å². The normalized spacial score (nSPS) is 37.0. The molecule has 1 aliphatic rings. The maximum Gasteiger partial charge on any atom is 0.305 e. The van der Waals surface area contributed by atoms with Crippen molar-refractivity contribution in [2.24, 2.45) is 0 Å². The van der Waals surface area contributed by atoms with Gasteiger partial charge in [-0.2, -0.15) is 0 Å². The number of hydrogen-bond acceptors (Lipinski definition) is 5. The van der Waals surface area contributed by atoms with E-state index < -0.39 is 36.7 Å². The zero-order valence-electron chi connectivity index (χ0n) is 9.37. The molecular weight excluding hydrogens is 216 g/mol. The van der Waals surface area contributed by atoms with Crippen LogP contribution in [0.3, 0.4) is 0 Å². The first-order valence-corrected chi connectivity index (χ1v) is 5.29. The number of carboxylic acid groups (broad SMARTS) is 1. The first kappa shape index (κ1) is 13.4. The van der Waals surface area contributed by atoms with Gasteiger partial charge in [0.25, 0.3) is 0 Å². The number of ether oxygens (including phenoxy) is 2. The van der Waals surface area contributed by atoms with Crippen molar-refractivity contribution >= 4 is 5.97 Å². The number of aliphatic carboxylic acids is 1. The van der Waals surface area contributed by atoms with E-state index in [-0.39, 0.29) is 12.8 Å². The number of carboxylic acids is 1. The molecular formula is C10H18O6. The van der Waals surface area contributed by atoms with E-state index in [1.807, 2.05) is 0 Å². The topological polar surface area (TPSA) is 96.2 Å². The SMILES string of the molecule is CC1O[C@@H](O[C@H](C)CC(=O)O)C(O)C[C@H]1O. The second kappa shape index (κ2) is 5.58. The smallest absolute Gasteiger partial charge is 0.305 e. The predicted octanol–water partition coefficient (Wildman–Crippen LogP) is -0.277. The number of aliphatic hydroxyl groups excluding tert-OH is 2. The Morgan fingerprint density at radius 3 is 2.69 bits per heavy atom. The van der Waals surface area contributed by atoms with Crippen molar-refractivity contribution in [2.45, 2.75) is 57.4 Å². The zero-order chi connectivity index (χ0) is 12.3. The van der Waals surface area contributed by atoms with Crippen LogP contribution in [0.25, 0.3) is 0 Å². The Morgan fingerprint density at radius 1 is 1.50 bits per heavy atom. The van der Waals surface area contributed by atoms with Gasteiger partial charge in [0.15, 0.2) is 6.29 Å². The summed E-state index contributed by atoms with van der Waals surface area (Å²) >= 11 is 0. The Bertz CT molecular complexity index is 243. The van der Waals surface area contributed by atoms with Crippen LogP contribution in [-0.4, -0.2) is 52.0 Å². The molecule has 0 aromatic carbocycles. The molecule has 94 valence electrons. The van der Waals surface area contributed by atoms with Gasteiger partial charge < -0.3 is 24.8 Å². The van der Waals surface area contributed by atoms with Crippen molar-refractivity contribution in [1.82, 2.24) is 0 Å². The van der Waals surface area contributed by atoms with E-state index in [2.05, 4.69) is 0 Å². The molecule has 0 aromatic heterocycles. The summed E-state index contributed by atoms with van der Waals surface area (Å²) in [4.78, 5) is 10.4. The molecule has 0 aromatic rings. The largest absolute Gasteiger partial charge is 0.481 e. The van der Waals surface area contributed by atoms with Gasteiger partial charge in [0.1, 0.15) is 6.10 Å². The number of rotatable bonds is 4. The van der Waals surface area contributed by atoms with Crippen molar-refractivity contribution in [1.29, 1.82) is 0 Å². The summed E-state index contributed by atoms with van der Waals surface area (Å²) in [5, 5.41) is 27.5. The lowest BCUT2D eigenvalue weighted by Gasteiger charge is -2.36. The molecule has 1 fully saturated rings. The lowest BCUT2D eigenvalue weighted by molar-refractivity contribution is -0.273. The first-order chi connectivity index (χ1) is 7.40. The van der Waals surface area contributed by atoms with Gasteiger partial charge in [0, 0.05) is 6.42 Å². The van der Waals surface area contributed by atoms with E-state index in [1.165, 1.54) is 0 Å². The minimum atomic E-state index is -0.967. The second-order valence-corrected chi connectivity index (χ2v) is 4.12. The van der Waals surface area contributed by atoms with Crippen LogP contribution in [0.2, 0.25) is 0 Å². The molecule has 1 rings (SSSR count). The van der Waals surface area contributed by atoms with E-state index in [1.54, 1.807) is 13.8 Å². The fourth-order valence-corrected chi connectivity index (χ4v) is 1.59. The van der Waals surface area contributed by atoms with Crippen molar-refractivity contribution in [3.63, 3.8) is 0 Å². The first-order valence-electron chi connectivity index (χ1n) is 5.29. The van der Waals surface area contributed by atoms with Gasteiger partial charge in [0.05, 0.1) is 24.7 Å². The lowest BCUT2D eigenvalue weighted by Crippen LogP contribution is -2.48. The van der Waals surface area contributed by atoms with Crippen molar-refractivity contribution in [3.05, 3.63) is 0 Å². The average molecular weight is 234 g/mol. The number of carbonyl (C=O) groups is 1. The third-order valence-corrected chi connectivity index (χ3v) is 2.52. The van der Waals surface area contributed by atoms with Gasteiger partial charge in [-0.05, 0) is 13.8 Å². The van der Waals surface area contributed by atoms with Gasteiger partial charge in [-0.1, -0.05) is 0 Å². The van der Waals surface area contributed by atoms with Crippen LogP contribution in [0, 0.1) is 0 Å². The van der Waals surface area contributed by atoms with Crippen molar-refractivity contribution in [3.8, 4) is 0 Å². The Kier molecular flexibility index (Phi) is 4.67. The molecule has 3 N–H and O–H groups in total. The number of aliphatic hydroxyl groups is 2. The molecule has 0 saturated carbocycles. The lowest BCUT2D eigenvalue weighted by atomic mass is 10.0. The predicted molar refractivity (Wildman–Crippen MR) is 53.8 cm³/mol. The fraction of sp³-hybridized carbons (Fsp3) is 0.900. The molecule has 6 heteroatoms. The molecule has 0 radical (unpaired) electrons. The van der Waals surface area contributed by atoms with Crippen LogP contribution in [0.5, 0.6) is 0 Å². The molecule has 16 heavy (non-hydrogen) atoms. The van der Waals surface area contributed by atoms with Gasteiger partial charge in [0.2, 0.25) is 0 Å². The second-order valence-electron chi connectivity index (χ2n) is 4.12. The van der Waals surface area contributed by atoms with Gasteiger partial charge in [-0.3, -0.25) is 4.79 Å². The number of hydrogen-bond donors (Lipinski definition) is 3. The summed E-state index contributed by atoms with van der Waals surface area (Å²) in [7, 11) is 0. The van der Waals surface area contributed by atoms with E-state index in [9.17, 15) is 15.0 Å². The molecule has 6 nitrogen and oxygen atoms in total. The molecule has 1 heterocycles. The summed E-state index contributed by atoms with van der Waals surface area (Å²) in [6, 6.07) is 0. The molecule has 5 atom stereocenters. The maximum absolute atomic E-state index is 10.4. The summed E-state index contributed by atoms with van der Waals surface area (Å²) in [6.07, 6.45) is -3.46. The van der Waals surface area contributed by atoms with Crippen molar-refractivity contribution in [2.75, 3.05) is 0 Å².